The van der Waals surface area contributed by atoms with E-state index in [9.17, 15) is 9.59 Å². The molecule has 1 aliphatic carbocycles. The number of anilines is 1. The summed E-state index contributed by atoms with van der Waals surface area (Å²) in [5, 5.41) is 6.03. The number of hydrogen-bond donors (Lipinski definition) is 2. The molecule has 0 spiro atoms. The molecule has 5 aromatic rings. The van der Waals surface area contributed by atoms with E-state index < -0.39 is 35.7 Å². The highest BCUT2D eigenvalue weighted by atomic mass is 32.1. The van der Waals surface area contributed by atoms with Gasteiger partial charge >= 0.3 is 12.2 Å². The number of fused-ring (bicyclic) bond motifs is 4. The SMILES string of the molecule is CCOC(CN(Cc1cccc2sc(NC(=O)OC(C)(C)C)nc12)C(=O)C(Cc1ccc(OC(C)(C)C)cc1)NC(=O)OCC1c2ccccc2-c2ccccc21)OCC. The number of rotatable bonds is 16. The highest BCUT2D eigenvalue weighted by Crippen LogP contribution is 2.44. The van der Waals surface area contributed by atoms with Gasteiger partial charge in [-0.1, -0.05) is 84.1 Å². The average molecular weight is 837 g/mol. The van der Waals surface area contributed by atoms with Crippen molar-refractivity contribution >= 4 is 44.8 Å². The third kappa shape index (κ3) is 11.6. The maximum atomic E-state index is 15.0. The first-order valence-electron chi connectivity index (χ1n) is 20.4. The number of aromatic nitrogens is 1. The third-order valence-electron chi connectivity index (χ3n) is 9.58. The molecule has 1 heterocycles. The van der Waals surface area contributed by atoms with Crippen molar-refractivity contribution in [2.24, 2.45) is 0 Å². The van der Waals surface area contributed by atoms with Gasteiger partial charge in [-0.3, -0.25) is 10.1 Å². The van der Waals surface area contributed by atoms with Gasteiger partial charge in [0.05, 0.1) is 16.8 Å². The number of hydrogen-bond acceptors (Lipinski definition) is 10. The lowest BCUT2D eigenvalue weighted by molar-refractivity contribution is -0.160. The molecule has 1 atom stereocenters. The van der Waals surface area contributed by atoms with E-state index in [4.69, 9.17) is 28.7 Å². The summed E-state index contributed by atoms with van der Waals surface area (Å²) in [7, 11) is 0. The molecule has 12 nitrogen and oxygen atoms in total. The topological polar surface area (TPSA) is 138 Å². The molecule has 0 fully saturated rings. The van der Waals surface area contributed by atoms with Crippen molar-refractivity contribution in [1.29, 1.82) is 0 Å². The monoisotopic (exact) mass is 836 g/mol. The lowest BCUT2D eigenvalue weighted by atomic mass is 9.98. The van der Waals surface area contributed by atoms with E-state index >= 15 is 4.79 Å². The fourth-order valence-electron chi connectivity index (χ4n) is 7.21. The number of thiazole rings is 1. The molecule has 0 radical (unpaired) electrons. The molecule has 1 aromatic heterocycles. The summed E-state index contributed by atoms with van der Waals surface area (Å²) in [6.07, 6.45) is -1.91. The Hall–Kier alpha value is -5.50. The number of carbonyl (C=O) groups excluding carboxylic acids is 3. The molecule has 1 aliphatic rings. The van der Waals surface area contributed by atoms with Crippen LogP contribution >= 0.6 is 11.3 Å². The minimum Gasteiger partial charge on any atom is -0.488 e. The van der Waals surface area contributed by atoms with Gasteiger partial charge in [0, 0.05) is 32.1 Å². The lowest BCUT2D eigenvalue weighted by Crippen LogP contribution is -2.51. The molecule has 0 saturated heterocycles. The maximum absolute atomic E-state index is 15.0. The van der Waals surface area contributed by atoms with Crippen LogP contribution in [0.5, 0.6) is 5.75 Å². The van der Waals surface area contributed by atoms with E-state index in [0.29, 0.717) is 29.6 Å². The average Bonchev–Trinajstić information content (AvgIpc) is 3.74. The van der Waals surface area contributed by atoms with Gasteiger partial charge in [0.25, 0.3) is 0 Å². The van der Waals surface area contributed by atoms with Crippen molar-refractivity contribution in [2.45, 2.75) is 97.8 Å². The number of alkyl carbamates (subject to hydrolysis) is 1. The summed E-state index contributed by atoms with van der Waals surface area (Å²) in [4.78, 5) is 47.9. The second kappa shape index (κ2) is 19.3. The number of nitrogens with zero attached hydrogens (tertiary/aromatic N) is 2. The molecular formula is C47H56N4O8S. The number of benzene rings is 4. The first kappa shape index (κ1) is 44.1. The molecular weight excluding hydrogens is 781 g/mol. The highest BCUT2D eigenvalue weighted by Gasteiger charge is 2.33. The minimum atomic E-state index is -1.04. The second-order valence-electron chi connectivity index (χ2n) is 16.6. The van der Waals surface area contributed by atoms with Crippen molar-refractivity contribution in [3.05, 3.63) is 113 Å². The van der Waals surface area contributed by atoms with Gasteiger partial charge < -0.3 is 33.9 Å². The van der Waals surface area contributed by atoms with Crippen molar-refractivity contribution in [3.8, 4) is 16.9 Å². The van der Waals surface area contributed by atoms with Crippen LogP contribution in [0, 0.1) is 0 Å². The van der Waals surface area contributed by atoms with Crippen LogP contribution in [0.4, 0.5) is 14.7 Å². The highest BCUT2D eigenvalue weighted by molar-refractivity contribution is 7.22. The Morgan fingerprint density at radius 2 is 1.42 bits per heavy atom. The molecule has 318 valence electrons. The number of carbonyl (C=O) groups is 3. The Morgan fingerprint density at radius 3 is 2.02 bits per heavy atom. The van der Waals surface area contributed by atoms with Crippen molar-refractivity contribution in [1.82, 2.24) is 15.2 Å². The summed E-state index contributed by atoms with van der Waals surface area (Å²) in [6.45, 7) is 16.0. The zero-order valence-electron chi connectivity index (χ0n) is 35.7. The first-order chi connectivity index (χ1) is 28.6. The molecule has 0 bridgehead atoms. The molecule has 0 saturated carbocycles. The number of ether oxygens (including phenoxy) is 5. The van der Waals surface area contributed by atoms with E-state index in [-0.39, 0.29) is 37.9 Å². The molecule has 3 amide bonds. The summed E-state index contributed by atoms with van der Waals surface area (Å²) in [5.41, 5.74) is 5.47. The maximum Gasteiger partial charge on any atom is 0.413 e. The van der Waals surface area contributed by atoms with Crippen LogP contribution in [-0.2, 0) is 36.7 Å². The Bertz CT molecular complexity index is 2210. The zero-order valence-corrected chi connectivity index (χ0v) is 36.5. The van der Waals surface area contributed by atoms with E-state index in [1.807, 2.05) is 101 Å². The van der Waals surface area contributed by atoms with Crippen molar-refractivity contribution in [2.75, 3.05) is 31.7 Å². The zero-order chi connectivity index (χ0) is 43.0. The van der Waals surface area contributed by atoms with Gasteiger partial charge in [0.2, 0.25) is 5.91 Å². The largest absolute Gasteiger partial charge is 0.488 e. The second-order valence-corrected chi connectivity index (χ2v) is 17.6. The normalized spacial score (nSPS) is 13.1. The molecule has 2 N–H and O–H groups in total. The van der Waals surface area contributed by atoms with Gasteiger partial charge in [-0.2, -0.15) is 0 Å². The van der Waals surface area contributed by atoms with Gasteiger partial charge in [0.1, 0.15) is 29.6 Å². The minimum absolute atomic E-state index is 0.0608. The molecule has 13 heteroatoms. The quantitative estimate of drug-likeness (QED) is 0.0931. The van der Waals surface area contributed by atoms with Crippen LogP contribution < -0.4 is 15.4 Å². The van der Waals surface area contributed by atoms with E-state index in [1.54, 1.807) is 25.7 Å². The fourth-order valence-corrected chi connectivity index (χ4v) is 8.11. The first-order valence-corrected chi connectivity index (χ1v) is 21.2. The summed E-state index contributed by atoms with van der Waals surface area (Å²) < 4.78 is 30.2. The fraction of sp³-hybridized carbons (Fsp3) is 0.404. The standard InChI is InChI=1S/C47H56N4O8S/c1-9-55-40(56-10-2)28-51(27-31-16-15-21-39-41(31)49-43(60-39)50-45(54)59-47(6,7)8)42(52)38(26-30-22-24-32(25-23-30)58-46(3,4)5)48-44(53)57-29-37-35-19-13-11-17-33(35)34-18-12-14-20-36(34)37/h11-25,37-38,40H,9-10,26-29H2,1-8H3,(H,48,53)(H,49,50,54). The van der Waals surface area contributed by atoms with Crippen LogP contribution in [0.15, 0.2) is 91.0 Å². The number of amides is 3. The predicted octanol–water partition coefficient (Wildman–Crippen LogP) is 9.70. The van der Waals surface area contributed by atoms with E-state index in [0.717, 1.165) is 38.1 Å². The van der Waals surface area contributed by atoms with Crippen LogP contribution in [0.1, 0.15) is 83.6 Å². The number of nitrogens with one attached hydrogen (secondary N) is 2. The number of para-hydroxylation sites is 1. The molecule has 60 heavy (non-hydrogen) atoms. The van der Waals surface area contributed by atoms with E-state index in [2.05, 4.69) is 34.9 Å². The van der Waals surface area contributed by atoms with Crippen LogP contribution in [0.3, 0.4) is 0 Å². The van der Waals surface area contributed by atoms with Gasteiger partial charge in [-0.15, -0.1) is 0 Å². The van der Waals surface area contributed by atoms with Crippen LogP contribution in [-0.4, -0.2) is 77.9 Å². The van der Waals surface area contributed by atoms with E-state index in [1.165, 1.54) is 11.3 Å². The Labute approximate surface area is 356 Å². The Balaban J connectivity index is 1.29. The Kier molecular flexibility index (Phi) is 14.1. The molecule has 0 aliphatic heterocycles. The Morgan fingerprint density at radius 1 is 0.783 bits per heavy atom. The van der Waals surface area contributed by atoms with Crippen molar-refractivity contribution < 1.29 is 38.1 Å². The van der Waals surface area contributed by atoms with Crippen LogP contribution in [0.25, 0.3) is 21.3 Å². The summed E-state index contributed by atoms with van der Waals surface area (Å²) in [6, 6.07) is 28.4. The third-order valence-corrected chi connectivity index (χ3v) is 10.5. The summed E-state index contributed by atoms with van der Waals surface area (Å²) in [5.74, 6) is 0.159. The lowest BCUT2D eigenvalue weighted by Gasteiger charge is -2.31. The smallest absolute Gasteiger partial charge is 0.413 e. The molecule has 6 rings (SSSR count). The van der Waals surface area contributed by atoms with Gasteiger partial charge in [-0.05, 0) is 107 Å². The van der Waals surface area contributed by atoms with Gasteiger partial charge in [0.15, 0.2) is 11.4 Å². The van der Waals surface area contributed by atoms with Crippen LogP contribution in [0.2, 0.25) is 0 Å². The predicted molar refractivity (Wildman–Crippen MR) is 234 cm³/mol. The van der Waals surface area contributed by atoms with Crippen molar-refractivity contribution in [3.63, 3.8) is 0 Å². The molecule has 1 unspecified atom stereocenters. The molecule has 4 aromatic carbocycles. The summed E-state index contributed by atoms with van der Waals surface area (Å²) >= 11 is 1.30. The van der Waals surface area contributed by atoms with Gasteiger partial charge in [-0.25, -0.2) is 14.6 Å².